The lowest BCUT2D eigenvalue weighted by atomic mass is 10.0. The second-order valence-corrected chi connectivity index (χ2v) is 4.65. The van der Waals surface area contributed by atoms with Gasteiger partial charge in [-0.1, -0.05) is 19.1 Å². The molecule has 17 heavy (non-hydrogen) atoms. The first-order valence-electron chi connectivity index (χ1n) is 5.81. The summed E-state index contributed by atoms with van der Waals surface area (Å²) in [4.78, 5) is 11.2. The highest BCUT2D eigenvalue weighted by molar-refractivity contribution is 5.77. The molecule has 0 spiro atoms. The molecule has 0 heterocycles. The molecule has 0 aliphatic rings. The number of carboxylic acids is 1. The Hall–Kier alpha value is -1.51. The Kier molecular flexibility index (Phi) is 3.81. The number of benzene rings is 1. The molecule has 0 bridgehead atoms. The van der Waals surface area contributed by atoms with Gasteiger partial charge in [0.2, 0.25) is 5.60 Å². The zero-order chi connectivity index (χ0) is 13.2. The van der Waals surface area contributed by atoms with Crippen molar-refractivity contribution < 1.29 is 14.6 Å². The van der Waals surface area contributed by atoms with E-state index in [4.69, 9.17) is 4.74 Å². The summed E-state index contributed by atoms with van der Waals surface area (Å²) in [7, 11) is 0. The molecule has 1 atom stereocenters. The Morgan fingerprint density at radius 2 is 1.82 bits per heavy atom. The van der Waals surface area contributed by atoms with Gasteiger partial charge in [0.25, 0.3) is 0 Å². The lowest BCUT2D eigenvalue weighted by Crippen LogP contribution is -2.41. The van der Waals surface area contributed by atoms with Crippen LogP contribution in [0.3, 0.4) is 0 Å². The molecule has 0 amide bonds. The van der Waals surface area contributed by atoms with E-state index in [0.29, 0.717) is 12.2 Å². The zero-order valence-corrected chi connectivity index (χ0v) is 11.1. The minimum Gasteiger partial charge on any atom is -0.478 e. The van der Waals surface area contributed by atoms with Crippen LogP contribution in [-0.2, 0) is 4.79 Å². The topological polar surface area (TPSA) is 46.5 Å². The molecule has 1 N–H and O–H groups in total. The van der Waals surface area contributed by atoms with Crippen molar-refractivity contribution in [2.75, 3.05) is 0 Å². The predicted octanol–water partition coefficient (Wildman–Crippen LogP) is 3.24. The van der Waals surface area contributed by atoms with Crippen molar-refractivity contribution in [2.24, 2.45) is 0 Å². The summed E-state index contributed by atoms with van der Waals surface area (Å²) in [6, 6.07) is 3.97. The van der Waals surface area contributed by atoms with E-state index in [1.807, 2.05) is 39.8 Å². The van der Waals surface area contributed by atoms with Crippen molar-refractivity contribution in [2.45, 2.75) is 46.6 Å². The highest BCUT2D eigenvalue weighted by Crippen LogP contribution is 2.30. The first-order valence-corrected chi connectivity index (χ1v) is 5.81. The average Bonchev–Trinajstić information content (AvgIpc) is 2.29. The molecule has 0 aliphatic heterocycles. The molecule has 3 nitrogen and oxygen atoms in total. The number of aliphatic carboxylic acids is 1. The maximum absolute atomic E-state index is 11.2. The van der Waals surface area contributed by atoms with Crippen LogP contribution in [0.5, 0.6) is 5.75 Å². The van der Waals surface area contributed by atoms with E-state index in [1.165, 1.54) is 0 Å². The van der Waals surface area contributed by atoms with Gasteiger partial charge in [-0.05, 0) is 50.8 Å². The maximum atomic E-state index is 11.2. The zero-order valence-electron chi connectivity index (χ0n) is 11.1. The molecule has 94 valence electrons. The number of aryl methyl sites for hydroxylation is 2. The Morgan fingerprint density at radius 1 is 1.29 bits per heavy atom. The molecule has 3 heteroatoms. The molecular formula is C14H20O3. The summed E-state index contributed by atoms with van der Waals surface area (Å²) >= 11 is 0. The molecule has 1 aromatic carbocycles. The lowest BCUT2D eigenvalue weighted by molar-refractivity contribution is -0.154. The standard InChI is InChI=1S/C14H20O3/c1-6-14(5,13(15)16)17-12-10(3)8-7-9(2)11(12)4/h7-8H,6H2,1-5H3,(H,15,16). The second-order valence-electron chi connectivity index (χ2n) is 4.65. The van der Waals surface area contributed by atoms with E-state index in [-0.39, 0.29) is 0 Å². The van der Waals surface area contributed by atoms with Crippen molar-refractivity contribution in [3.05, 3.63) is 28.8 Å². The number of ether oxygens (including phenoxy) is 1. The predicted molar refractivity (Wildman–Crippen MR) is 67.6 cm³/mol. The van der Waals surface area contributed by atoms with Crippen molar-refractivity contribution in [3.63, 3.8) is 0 Å². The van der Waals surface area contributed by atoms with Crippen molar-refractivity contribution in [1.29, 1.82) is 0 Å². The number of carboxylic acid groups (broad SMARTS) is 1. The van der Waals surface area contributed by atoms with Gasteiger partial charge in [0.1, 0.15) is 5.75 Å². The Balaban J connectivity index is 3.19. The molecule has 0 saturated heterocycles. The van der Waals surface area contributed by atoms with Gasteiger partial charge in [-0.15, -0.1) is 0 Å². The number of rotatable bonds is 4. The van der Waals surface area contributed by atoms with Gasteiger partial charge < -0.3 is 9.84 Å². The smallest absolute Gasteiger partial charge is 0.347 e. The van der Waals surface area contributed by atoms with E-state index in [0.717, 1.165) is 16.7 Å². The molecule has 0 radical (unpaired) electrons. The summed E-state index contributed by atoms with van der Waals surface area (Å²) in [5.41, 5.74) is 1.91. The quantitative estimate of drug-likeness (QED) is 0.873. The van der Waals surface area contributed by atoms with Crippen LogP contribution in [0.1, 0.15) is 37.0 Å². The van der Waals surface area contributed by atoms with Crippen LogP contribution in [0.15, 0.2) is 12.1 Å². The molecule has 1 unspecified atom stereocenters. The number of hydrogen-bond acceptors (Lipinski definition) is 2. The number of carbonyl (C=O) groups is 1. The highest BCUT2D eigenvalue weighted by Gasteiger charge is 2.34. The largest absolute Gasteiger partial charge is 0.478 e. The van der Waals surface area contributed by atoms with Crippen molar-refractivity contribution in [3.8, 4) is 5.75 Å². The summed E-state index contributed by atoms with van der Waals surface area (Å²) in [6.45, 7) is 9.30. The van der Waals surface area contributed by atoms with Gasteiger partial charge >= 0.3 is 5.97 Å². The summed E-state index contributed by atoms with van der Waals surface area (Å²) in [5, 5.41) is 9.22. The molecule has 0 fully saturated rings. The van der Waals surface area contributed by atoms with Gasteiger partial charge in [0.05, 0.1) is 0 Å². The van der Waals surface area contributed by atoms with Gasteiger partial charge in [0.15, 0.2) is 0 Å². The van der Waals surface area contributed by atoms with E-state index in [2.05, 4.69) is 0 Å². The summed E-state index contributed by atoms with van der Waals surface area (Å²) in [5.74, 6) is -0.239. The minimum absolute atomic E-state index is 0.426. The maximum Gasteiger partial charge on any atom is 0.347 e. The summed E-state index contributed by atoms with van der Waals surface area (Å²) < 4.78 is 5.76. The average molecular weight is 236 g/mol. The van der Waals surface area contributed by atoms with Gasteiger partial charge in [-0.25, -0.2) is 4.79 Å². The van der Waals surface area contributed by atoms with Gasteiger partial charge in [-0.3, -0.25) is 0 Å². The first kappa shape index (κ1) is 13.6. The van der Waals surface area contributed by atoms with Crippen LogP contribution >= 0.6 is 0 Å². The molecule has 0 saturated carbocycles. The molecule has 1 rings (SSSR count). The Morgan fingerprint density at radius 3 is 2.29 bits per heavy atom. The van der Waals surface area contributed by atoms with Gasteiger partial charge in [0, 0.05) is 0 Å². The van der Waals surface area contributed by atoms with Crippen molar-refractivity contribution >= 4 is 5.97 Å². The first-order chi connectivity index (χ1) is 7.81. The summed E-state index contributed by atoms with van der Waals surface area (Å²) in [6.07, 6.45) is 0.426. The fraction of sp³-hybridized carbons (Fsp3) is 0.500. The number of hydrogen-bond donors (Lipinski definition) is 1. The third kappa shape index (κ3) is 2.60. The van der Waals surface area contributed by atoms with Crippen molar-refractivity contribution in [1.82, 2.24) is 0 Å². The third-order valence-corrected chi connectivity index (χ3v) is 3.33. The lowest BCUT2D eigenvalue weighted by Gasteiger charge is -2.27. The van der Waals surface area contributed by atoms with Crippen LogP contribution in [0.25, 0.3) is 0 Å². The van der Waals surface area contributed by atoms with E-state index in [1.54, 1.807) is 6.92 Å². The SMILES string of the molecule is CCC(C)(Oc1c(C)ccc(C)c1C)C(=O)O. The van der Waals surface area contributed by atoms with E-state index < -0.39 is 11.6 Å². The van der Waals surface area contributed by atoms with Crippen LogP contribution < -0.4 is 4.74 Å². The molecule has 0 aliphatic carbocycles. The van der Waals surface area contributed by atoms with Crippen LogP contribution in [-0.4, -0.2) is 16.7 Å². The van der Waals surface area contributed by atoms with Crippen LogP contribution in [0.4, 0.5) is 0 Å². The van der Waals surface area contributed by atoms with Crippen LogP contribution in [0.2, 0.25) is 0 Å². The molecule has 0 aromatic heterocycles. The highest BCUT2D eigenvalue weighted by atomic mass is 16.5. The van der Waals surface area contributed by atoms with E-state index in [9.17, 15) is 9.90 Å². The Bertz CT molecular complexity index is 437. The van der Waals surface area contributed by atoms with Crippen LogP contribution in [0, 0.1) is 20.8 Å². The molecule has 1 aromatic rings. The molecular weight excluding hydrogens is 216 g/mol. The van der Waals surface area contributed by atoms with E-state index >= 15 is 0 Å². The Labute approximate surface area is 102 Å². The fourth-order valence-corrected chi connectivity index (χ4v) is 1.57. The second kappa shape index (κ2) is 4.78. The third-order valence-electron chi connectivity index (χ3n) is 3.33. The van der Waals surface area contributed by atoms with Gasteiger partial charge in [-0.2, -0.15) is 0 Å². The minimum atomic E-state index is -1.16. The monoisotopic (exact) mass is 236 g/mol. The normalized spacial score (nSPS) is 14.2. The fourth-order valence-electron chi connectivity index (χ4n) is 1.57.